The van der Waals surface area contributed by atoms with Crippen LogP contribution in [0.1, 0.15) is 69.1 Å². The molecule has 0 unspecified atom stereocenters. The van der Waals surface area contributed by atoms with E-state index in [0.717, 1.165) is 49.8 Å². The third kappa shape index (κ3) is 7.67. The van der Waals surface area contributed by atoms with E-state index in [1.165, 1.54) is 24.2 Å². The van der Waals surface area contributed by atoms with Gasteiger partial charge in [0.25, 0.3) is 0 Å². The van der Waals surface area contributed by atoms with E-state index in [4.69, 9.17) is 0 Å². The molecule has 2 aliphatic carbocycles. The predicted molar refractivity (Wildman–Crippen MR) is 142 cm³/mol. The van der Waals surface area contributed by atoms with Crippen molar-refractivity contribution in [2.24, 2.45) is 11.8 Å². The van der Waals surface area contributed by atoms with Crippen LogP contribution in [0.5, 0.6) is 0 Å². The Morgan fingerprint density at radius 2 is 1.78 bits per heavy atom. The fourth-order valence-electron chi connectivity index (χ4n) is 6.14. The number of amides is 3. The van der Waals surface area contributed by atoms with Crippen molar-refractivity contribution in [1.29, 1.82) is 0 Å². The highest BCUT2D eigenvalue weighted by atomic mass is 32.1. The second-order valence-corrected chi connectivity index (χ2v) is 12.0. The fourth-order valence-corrected chi connectivity index (χ4v) is 6.79. The van der Waals surface area contributed by atoms with Crippen molar-refractivity contribution in [1.82, 2.24) is 20.4 Å². The summed E-state index contributed by atoms with van der Waals surface area (Å²) in [5.41, 5.74) is 0. The summed E-state index contributed by atoms with van der Waals surface area (Å²) >= 11 is 1.54. The fraction of sp³-hybridized carbons (Fsp3) is 0.741. The Morgan fingerprint density at radius 1 is 1.03 bits per heavy atom. The first kappa shape index (κ1) is 27.9. The monoisotopic (exact) mass is 534 g/mol. The Balaban J connectivity index is 1.48. The second kappa shape index (κ2) is 13.6. The summed E-state index contributed by atoms with van der Waals surface area (Å²) in [5, 5.41) is 27.6. The molecule has 10 heteroatoms. The Kier molecular flexibility index (Phi) is 10.2. The van der Waals surface area contributed by atoms with Crippen LogP contribution in [-0.4, -0.2) is 82.3 Å². The second-order valence-electron chi connectivity index (χ2n) is 10.9. The molecule has 9 nitrogen and oxygen atoms in total. The smallest absolute Gasteiger partial charge is 0.407 e. The maximum absolute atomic E-state index is 14.1. The zero-order valence-electron chi connectivity index (χ0n) is 21.6. The van der Waals surface area contributed by atoms with Crippen molar-refractivity contribution in [3.8, 4) is 0 Å². The number of thiophene rings is 1. The van der Waals surface area contributed by atoms with Gasteiger partial charge in [0, 0.05) is 30.6 Å². The molecule has 0 bridgehead atoms. The number of hydrogen-bond acceptors (Lipinski definition) is 6. The number of carboxylic acid groups (broad SMARTS) is 1. The molecule has 4 N–H and O–H groups in total. The highest BCUT2D eigenvalue weighted by Gasteiger charge is 2.40. The SMILES string of the molecule is O=C(NCc1cccs1)[C@@H]1CN(C(=O)O)CCN1C(=O)[C@@H](CC1CCCCC1)NC1CCC(CO)CC1. The van der Waals surface area contributed by atoms with E-state index in [9.17, 15) is 24.6 Å². The van der Waals surface area contributed by atoms with Gasteiger partial charge in [-0.15, -0.1) is 11.3 Å². The third-order valence-corrected chi connectivity index (χ3v) is 9.26. The average Bonchev–Trinajstić information content (AvgIpc) is 3.45. The van der Waals surface area contributed by atoms with Gasteiger partial charge in [0.05, 0.1) is 19.1 Å². The van der Waals surface area contributed by atoms with E-state index in [-0.39, 0.29) is 50.1 Å². The van der Waals surface area contributed by atoms with Gasteiger partial charge in [-0.3, -0.25) is 9.59 Å². The minimum atomic E-state index is -1.07. The number of carbonyl (C=O) groups is 3. The van der Waals surface area contributed by atoms with Crippen LogP contribution < -0.4 is 10.6 Å². The average molecular weight is 535 g/mol. The molecule has 2 saturated carbocycles. The number of nitrogens with one attached hydrogen (secondary N) is 2. The number of rotatable bonds is 9. The summed E-state index contributed by atoms with van der Waals surface area (Å²) in [6.45, 7) is 0.970. The van der Waals surface area contributed by atoms with Crippen molar-refractivity contribution >= 4 is 29.2 Å². The van der Waals surface area contributed by atoms with Gasteiger partial charge in [0.1, 0.15) is 6.04 Å². The largest absolute Gasteiger partial charge is 0.465 e. The summed E-state index contributed by atoms with van der Waals surface area (Å²) in [6.07, 6.45) is 9.32. The van der Waals surface area contributed by atoms with Gasteiger partial charge < -0.3 is 30.6 Å². The Labute approximate surface area is 223 Å². The van der Waals surface area contributed by atoms with Crippen LogP contribution in [0.25, 0.3) is 0 Å². The summed E-state index contributed by atoms with van der Waals surface area (Å²) in [6, 6.07) is 2.84. The van der Waals surface area contributed by atoms with Gasteiger partial charge in [-0.2, -0.15) is 0 Å². The third-order valence-electron chi connectivity index (χ3n) is 8.39. The molecule has 0 aromatic carbocycles. The van der Waals surface area contributed by atoms with E-state index in [1.807, 2.05) is 17.5 Å². The zero-order chi connectivity index (χ0) is 26.2. The molecule has 37 heavy (non-hydrogen) atoms. The van der Waals surface area contributed by atoms with E-state index in [1.54, 1.807) is 16.2 Å². The molecule has 0 radical (unpaired) electrons. The highest BCUT2D eigenvalue weighted by Crippen LogP contribution is 2.30. The quantitative estimate of drug-likeness (QED) is 0.386. The summed E-state index contributed by atoms with van der Waals surface area (Å²) in [7, 11) is 0. The normalized spacial score (nSPS) is 26.0. The first-order valence-corrected chi connectivity index (χ1v) is 14.8. The lowest BCUT2D eigenvalue weighted by molar-refractivity contribution is -0.145. The van der Waals surface area contributed by atoms with Gasteiger partial charge in [0.2, 0.25) is 11.8 Å². The summed E-state index contributed by atoms with van der Waals surface area (Å²) in [5.74, 6) is 0.421. The van der Waals surface area contributed by atoms with Gasteiger partial charge in [0.15, 0.2) is 0 Å². The van der Waals surface area contributed by atoms with Crippen molar-refractivity contribution in [3.05, 3.63) is 22.4 Å². The molecule has 3 fully saturated rings. The van der Waals surface area contributed by atoms with Crippen LogP contribution in [0.3, 0.4) is 0 Å². The summed E-state index contributed by atoms with van der Waals surface area (Å²) < 4.78 is 0. The topological polar surface area (TPSA) is 122 Å². The van der Waals surface area contributed by atoms with Crippen LogP contribution in [-0.2, 0) is 16.1 Å². The molecular formula is C27H42N4O5S. The van der Waals surface area contributed by atoms with Crippen LogP contribution in [0.15, 0.2) is 17.5 Å². The van der Waals surface area contributed by atoms with Gasteiger partial charge >= 0.3 is 6.09 Å². The lowest BCUT2D eigenvalue weighted by atomic mass is 9.83. The van der Waals surface area contributed by atoms with Crippen LogP contribution in [0.4, 0.5) is 4.79 Å². The molecule has 4 rings (SSSR count). The predicted octanol–water partition coefficient (Wildman–Crippen LogP) is 3.03. The highest BCUT2D eigenvalue weighted by molar-refractivity contribution is 7.09. The van der Waals surface area contributed by atoms with Crippen LogP contribution >= 0.6 is 11.3 Å². The molecule has 2 atom stereocenters. The molecule has 1 aromatic rings. The maximum Gasteiger partial charge on any atom is 0.407 e. The number of hydrogen-bond donors (Lipinski definition) is 4. The number of piperazine rings is 1. The molecule has 3 aliphatic rings. The Bertz CT molecular complexity index is 883. The summed E-state index contributed by atoms with van der Waals surface area (Å²) in [4.78, 5) is 42.9. The molecule has 1 aliphatic heterocycles. The Morgan fingerprint density at radius 3 is 2.43 bits per heavy atom. The van der Waals surface area contributed by atoms with Gasteiger partial charge in [-0.1, -0.05) is 38.2 Å². The first-order chi connectivity index (χ1) is 17.9. The van der Waals surface area contributed by atoms with Crippen molar-refractivity contribution in [2.75, 3.05) is 26.2 Å². The first-order valence-electron chi connectivity index (χ1n) is 13.9. The number of nitrogens with zero attached hydrogens (tertiary/aromatic N) is 2. The van der Waals surface area contributed by atoms with Gasteiger partial charge in [-0.25, -0.2) is 4.79 Å². The number of carbonyl (C=O) groups excluding carboxylic acids is 2. The standard InChI is InChI=1S/C27H42N4O5S/c32-18-20-8-10-21(11-9-20)29-23(15-19-5-2-1-3-6-19)26(34)31-13-12-30(27(35)36)17-24(31)25(33)28-16-22-7-4-14-37-22/h4,7,14,19-21,23-24,29,32H,1-3,5-6,8-13,15-18H2,(H,28,33)(H,35,36)/t20?,21?,23-,24+/m1/s1. The van der Waals surface area contributed by atoms with E-state index >= 15 is 0 Å². The van der Waals surface area contributed by atoms with Crippen LogP contribution in [0.2, 0.25) is 0 Å². The molecular weight excluding hydrogens is 492 g/mol. The van der Waals surface area contributed by atoms with Crippen LogP contribution in [0, 0.1) is 11.8 Å². The lowest BCUT2D eigenvalue weighted by Gasteiger charge is -2.42. The van der Waals surface area contributed by atoms with Crippen molar-refractivity contribution in [3.63, 3.8) is 0 Å². The molecule has 2 heterocycles. The van der Waals surface area contributed by atoms with Crippen molar-refractivity contribution < 1.29 is 24.6 Å². The van der Waals surface area contributed by atoms with E-state index < -0.39 is 12.1 Å². The number of aliphatic hydroxyl groups is 1. The zero-order valence-corrected chi connectivity index (χ0v) is 22.5. The lowest BCUT2D eigenvalue weighted by Crippen LogP contribution is -2.64. The molecule has 1 aromatic heterocycles. The molecule has 0 spiro atoms. The van der Waals surface area contributed by atoms with E-state index in [0.29, 0.717) is 18.4 Å². The molecule has 206 valence electrons. The van der Waals surface area contributed by atoms with Gasteiger partial charge in [-0.05, 0) is 55.4 Å². The maximum atomic E-state index is 14.1. The molecule has 1 saturated heterocycles. The number of aliphatic hydroxyl groups excluding tert-OH is 1. The van der Waals surface area contributed by atoms with E-state index in [2.05, 4.69) is 10.6 Å². The van der Waals surface area contributed by atoms with Crippen molar-refractivity contribution in [2.45, 2.75) is 88.9 Å². The molecule has 3 amide bonds. The Hall–Kier alpha value is -2.17. The minimum absolute atomic E-state index is 0.0187. The minimum Gasteiger partial charge on any atom is -0.465 e.